The Morgan fingerprint density at radius 1 is 1.32 bits per heavy atom. The van der Waals surface area contributed by atoms with Gasteiger partial charge in [-0.2, -0.15) is 13.2 Å². The maximum Gasteiger partial charge on any atom is 0.417 e. The van der Waals surface area contributed by atoms with Gasteiger partial charge in [-0.3, -0.25) is 4.79 Å². The van der Waals surface area contributed by atoms with Crippen LogP contribution in [-0.2, 0) is 6.18 Å². The lowest BCUT2D eigenvalue weighted by Gasteiger charge is -2.13. The minimum atomic E-state index is -4.58. The van der Waals surface area contributed by atoms with Crippen LogP contribution in [0.5, 0.6) is 0 Å². The molecule has 9 heteroatoms. The second kappa shape index (κ2) is 7.52. The number of halogens is 4. The van der Waals surface area contributed by atoms with Gasteiger partial charge in [-0.05, 0) is 25.1 Å². The second-order valence-corrected chi connectivity index (χ2v) is 5.41. The Morgan fingerprint density at radius 2 is 2.04 bits per heavy atom. The van der Waals surface area contributed by atoms with E-state index in [0.29, 0.717) is 5.82 Å². The minimum Gasteiger partial charge on any atom is -0.347 e. The van der Waals surface area contributed by atoms with Gasteiger partial charge < -0.3 is 10.6 Å². The first-order chi connectivity index (χ1) is 11.7. The van der Waals surface area contributed by atoms with Gasteiger partial charge in [0.1, 0.15) is 17.3 Å². The number of amides is 1. The fourth-order valence-corrected chi connectivity index (χ4v) is 2.20. The molecule has 5 nitrogen and oxygen atoms in total. The molecule has 0 saturated heterocycles. The number of anilines is 2. The molecular formula is C16H14ClF3N4O. The third-order valence-corrected chi connectivity index (χ3v) is 3.35. The molecule has 0 spiro atoms. The molecule has 0 saturated carbocycles. The van der Waals surface area contributed by atoms with Crippen LogP contribution in [0.25, 0.3) is 0 Å². The number of hydrogen-bond acceptors (Lipinski definition) is 4. The highest BCUT2D eigenvalue weighted by Crippen LogP contribution is 2.36. The molecule has 0 atom stereocenters. The van der Waals surface area contributed by atoms with E-state index in [9.17, 15) is 18.0 Å². The van der Waals surface area contributed by atoms with Gasteiger partial charge in [0.2, 0.25) is 0 Å². The van der Waals surface area contributed by atoms with E-state index < -0.39 is 22.7 Å². The number of nitrogens with one attached hydrogen (secondary N) is 2. The third kappa shape index (κ3) is 4.93. The highest BCUT2D eigenvalue weighted by atomic mass is 35.5. The van der Waals surface area contributed by atoms with Crippen LogP contribution in [0.3, 0.4) is 0 Å². The molecular weight excluding hydrogens is 357 g/mol. The van der Waals surface area contributed by atoms with Crippen LogP contribution < -0.4 is 10.6 Å². The van der Waals surface area contributed by atoms with Crippen molar-refractivity contribution in [2.24, 2.45) is 0 Å². The van der Waals surface area contributed by atoms with Crippen LogP contribution >= 0.6 is 11.6 Å². The Labute approximate surface area is 146 Å². The number of aromatic nitrogens is 2. The van der Waals surface area contributed by atoms with Crippen molar-refractivity contribution in [3.63, 3.8) is 0 Å². The molecule has 2 N–H and O–H groups in total. The lowest BCUT2D eigenvalue weighted by Crippen LogP contribution is -2.24. The van der Waals surface area contributed by atoms with E-state index >= 15 is 0 Å². The van der Waals surface area contributed by atoms with Crippen LogP contribution in [0.15, 0.2) is 36.9 Å². The molecule has 0 fully saturated rings. The topological polar surface area (TPSA) is 66.9 Å². The summed E-state index contributed by atoms with van der Waals surface area (Å²) in [7, 11) is 0. The van der Waals surface area contributed by atoms with Crippen molar-refractivity contribution in [3.05, 3.63) is 59.0 Å². The molecule has 0 radical (unpaired) electrons. The first-order valence-corrected chi connectivity index (χ1v) is 7.47. The largest absolute Gasteiger partial charge is 0.417 e. The van der Waals surface area contributed by atoms with Crippen molar-refractivity contribution in [2.75, 3.05) is 11.9 Å². The van der Waals surface area contributed by atoms with Crippen LogP contribution in [0.1, 0.15) is 21.9 Å². The number of carbonyl (C=O) groups excluding carboxylic acids is 1. The Bertz CT molecular complexity index is 808. The highest BCUT2D eigenvalue weighted by molar-refractivity contribution is 6.31. The zero-order valence-electron chi connectivity index (χ0n) is 13.1. The lowest BCUT2D eigenvalue weighted by atomic mass is 10.2. The molecule has 0 aliphatic carbocycles. The summed E-state index contributed by atoms with van der Waals surface area (Å²) in [5.41, 5.74) is -0.747. The molecule has 2 aromatic rings. The van der Waals surface area contributed by atoms with Crippen LogP contribution in [0.4, 0.5) is 24.7 Å². The van der Waals surface area contributed by atoms with Gasteiger partial charge in [-0.15, -0.1) is 6.58 Å². The Balaban J connectivity index is 2.30. The SMILES string of the molecule is C=CCNC(=O)c1cc(Nc2ccc(Cl)c(C(F)(F)F)c2)nc(C)n1. The Hall–Kier alpha value is -2.61. The summed E-state index contributed by atoms with van der Waals surface area (Å²) in [5.74, 6) is 0.0333. The van der Waals surface area contributed by atoms with E-state index in [4.69, 9.17) is 11.6 Å². The molecule has 1 aromatic heterocycles. The summed E-state index contributed by atoms with van der Waals surface area (Å²) in [6, 6.07) is 4.73. The number of hydrogen-bond donors (Lipinski definition) is 2. The van der Waals surface area contributed by atoms with E-state index in [1.54, 1.807) is 6.92 Å². The molecule has 25 heavy (non-hydrogen) atoms. The summed E-state index contributed by atoms with van der Waals surface area (Å²) in [6.07, 6.45) is -3.07. The number of carbonyl (C=O) groups is 1. The molecule has 2 rings (SSSR count). The van der Waals surface area contributed by atoms with Crippen molar-refractivity contribution < 1.29 is 18.0 Å². The number of rotatable bonds is 5. The quantitative estimate of drug-likeness (QED) is 0.777. The van der Waals surface area contributed by atoms with Gasteiger partial charge in [0.25, 0.3) is 5.91 Å². The standard InChI is InChI=1S/C16H14ClF3N4O/c1-3-6-21-15(25)13-8-14(23-9(2)22-13)24-10-4-5-12(17)11(7-10)16(18,19)20/h3-5,7-8H,1,6H2,2H3,(H,21,25)(H,22,23,24). The van der Waals surface area contributed by atoms with E-state index in [1.165, 1.54) is 18.2 Å². The maximum absolute atomic E-state index is 12.9. The summed E-state index contributed by atoms with van der Waals surface area (Å²) in [6.45, 7) is 5.32. The monoisotopic (exact) mass is 370 g/mol. The molecule has 1 heterocycles. The molecule has 0 aliphatic rings. The van der Waals surface area contributed by atoms with Gasteiger partial charge >= 0.3 is 6.18 Å². The van der Waals surface area contributed by atoms with Crippen LogP contribution in [0.2, 0.25) is 5.02 Å². The molecule has 0 bridgehead atoms. The number of nitrogens with zero attached hydrogens (tertiary/aromatic N) is 2. The summed E-state index contributed by atoms with van der Waals surface area (Å²) in [5, 5.41) is 4.89. The van der Waals surface area contributed by atoms with E-state index in [-0.39, 0.29) is 23.7 Å². The lowest BCUT2D eigenvalue weighted by molar-refractivity contribution is -0.137. The molecule has 1 amide bonds. The van der Waals surface area contributed by atoms with Gasteiger partial charge in [0.05, 0.1) is 10.6 Å². The second-order valence-electron chi connectivity index (χ2n) is 5.00. The molecule has 1 aromatic carbocycles. The first-order valence-electron chi connectivity index (χ1n) is 7.09. The Morgan fingerprint density at radius 3 is 2.68 bits per heavy atom. The van der Waals surface area contributed by atoms with Crippen molar-refractivity contribution in [2.45, 2.75) is 13.1 Å². The highest BCUT2D eigenvalue weighted by Gasteiger charge is 2.33. The number of aryl methyl sites for hydroxylation is 1. The number of alkyl halides is 3. The van der Waals surface area contributed by atoms with Gasteiger partial charge in [0, 0.05) is 18.3 Å². The van der Waals surface area contributed by atoms with Crippen molar-refractivity contribution >= 4 is 29.0 Å². The van der Waals surface area contributed by atoms with E-state index in [0.717, 1.165) is 12.1 Å². The van der Waals surface area contributed by atoms with Gasteiger partial charge in [-0.25, -0.2) is 9.97 Å². The molecule has 0 unspecified atom stereocenters. The van der Waals surface area contributed by atoms with E-state index in [2.05, 4.69) is 27.2 Å². The van der Waals surface area contributed by atoms with Crippen LogP contribution in [-0.4, -0.2) is 22.4 Å². The average Bonchev–Trinajstić information content (AvgIpc) is 2.52. The maximum atomic E-state index is 12.9. The summed E-state index contributed by atoms with van der Waals surface area (Å²) < 4.78 is 38.8. The fraction of sp³-hybridized carbons (Fsp3) is 0.188. The first kappa shape index (κ1) is 18.7. The Kier molecular flexibility index (Phi) is 5.63. The fourth-order valence-electron chi connectivity index (χ4n) is 1.97. The van der Waals surface area contributed by atoms with Gasteiger partial charge in [-0.1, -0.05) is 17.7 Å². The zero-order chi connectivity index (χ0) is 18.6. The van der Waals surface area contributed by atoms with Gasteiger partial charge in [0.15, 0.2) is 0 Å². The smallest absolute Gasteiger partial charge is 0.347 e. The van der Waals surface area contributed by atoms with Crippen LogP contribution in [0, 0.1) is 6.92 Å². The van der Waals surface area contributed by atoms with Crippen molar-refractivity contribution in [3.8, 4) is 0 Å². The van der Waals surface area contributed by atoms with E-state index in [1.807, 2.05) is 0 Å². The normalized spacial score (nSPS) is 11.1. The predicted molar refractivity (Wildman–Crippen MR) is 89.0 cm³/mol. The predicted octanol–water partition coefficient (Wildman–Crippen LogP) is 4.12. The minimum absolute atomic E-state index is 0.0851. The third-order valence-electron chi connectivity index (χ3n) is 3.02. The number of benzene rings is 1. The zero-order valence-corrected chi connectivity index (χ0v) is 13.9. The molecule has 132 valence electrons. The summed E-state index contributed by atoms with van der Waals surface area (Å²) >= 11 is 5.59. The van der Waals surface area contributed by atoms with Crippen molar-refractivity contribution in [1.82, 2.24) is 15.3 Å². The summed E-state index contributed by atoms with van der Waals surface area (Å²) in [4.78, 5) is 20.0. The average molecular weight is 371 g/mol. The molecule has 0 aliphatic heterocycles. The van der Waals surface area contributed by atoms with Crippen molar-refractivity contribution in [1.29, 1.82) is 0 Å².